The number of amides is 1. The Hall–Kier alpha value is -1.81. The third-order valence-electron chi connectivity index (χ3n) is 4.03. The van der Waals surface area contributed by atoms with E-state index in [-0.39, 0.29) is 11.9 Å². The van der Waals surface area contributed by atoms with E-state index in [0.29, 0.717) is 6.54 Å². The average molecular weight is 287 g/mol. The van der Waals surface area contributed by atoms with Crippen LogP contribution in [0.4, 0.5) is 0 Å². The topological polar surface area (TPSA) is 46.1 Å². The molecule has 0 saturated carbocycles. The van der Waals surface area contributed by atoms with Crippen LogP contribution in [-0.4, -0.2) is 23.1 Å². The van der Waals surface area contributed by atoms with Gasteiger partial charge in [0.25, 0.3) is 0 Å². The van der Waals surface area contributed by atoms with E-state index in [9.17, 15) is 4.79 Å². The van der Waals surface area contributed by atoms with Gasteiger partial charge in [0.05, 0.1) is 6.04 Å². The second-order valence-corrected chi connectivity index (χ2v) is 5.54. The standard InChI is InChI=1S/C17H25N3O/c1-5-10-18-17(21)13(3)19-11-16-12(2)14-8-6-7-9-15(14)20(16)4/h6-9,13,19H,5,10-11H2,1-4H3,(H,18,21). The predicted octanol–water partition coefficient (Wildman–Crippen LogP) is 2.49. The van der Waals surface area contributed by atoms with E-state index in [0.717, 1.165) is 13.0 Å². The minimum absolute atomic E-state index is 0.0632. The molecule has 1 amide bonds. The molecule has 0 aliphatic heterocycles. The first-order valence-corrected chi connectivity index (χ1v) is 7.60. The van der Waals surface area contributed by atoms with Gasteiger partial charge in [-0.15, -0.1) is 0 Å². The maximum absolute atomic E-state index is 11.9. The van der Waals surface area contributed by atoms with Crippen LogP contribution in [0.1, 0.15) is 31.5 Å². The molecule has 2 N–H and O–H groups in total. The molecule has 0 aliphatic rings. The Labute approximate surface area is 126 Å². The Bertz CT molecular complexity index is 591. The van der Waals surface area contributed by atoms with Crippen LogP contribution in [0, 0.1) is 6.92 Å². The molecule has 4 heteroatoms. The highest BCUT2D eigenvalue weighted by molar-refractivity contribution is 5.85. The highest BCUT2D eigenvalue weighted by atomic mass is 16.2. The molecule has 2 aromatic rings. The summed E-state index contributed by atoms with van der Waals surface area (Å²) in [5.74, 6) is 0.0632. The van der Waals surface area contributed by atoms with Gasteiger partial charge in [0.15, 0.2) is 0 Å². The van der Waals surface area contributed by atoms with Crippen molar-refractivity contribution in [3.05, 3.63) is 35.5 Å². The number of aryl methyl sites for hydroxylation is 2. The summed E-state index contributed by atoms with van der Waals surface area (Å²) in [5, 5.41) is 7.51. The number of fused-ring (bicyclic) bond motifs is 1. The van der Waals surface area contributed by atoms with E-state index in [4.69, 9.17) is 0 Å². The van der Waals surface area contributed by atoms with E-state index in [1.165, 1.54) is 22.2 Å². The number of nitrogens with zero attached hydrogens (tertiary/aromatic N) is 1. The summed E-state index contributed by atoms with van der Waals surface area (Å²) in [7, 11) is 2.08. The van der Waals surface area contributed by atoms with Crippen molar-refractivity contribution < 1.29 is 4.79 Å². The van der Waals surface area contributed by atoms with E-state index in [1.54, 1.807) is 0 Å². The zero-order valence-electron chi connectivity index (χ0n) is 13.4. The van der Waals surface area contributed by atoms with Gasteiger partial charge in [0.2, 0.25) is 5.91 Å². The summed E-state index contributed by atoms with van der Waals surface area (Å²) in [5.41, 5.74) is 3.74. The summed E-state index contributed by atoms with van der Waals surface area (Å²) < 4.78 is 2.20. The molecule has 0 fully saturated rings. The summed E-state index contributed by atoms with van der Waals surface area (Å²) in [6, 6.07) is 8.20. The van der Waals surface area contributed by atoms with Crippen molar-refractivity contribution in [3.63, 3.8) is 0 Å². The van der Waals surface area contributed by atoms with E-state index in [1.807, 2.05) is 6.92 Å². The fourth-order valence-corrected chi connectivity index (χ4v) is 2.63. The third-order valence-corrected chi connectivity index (χ3v) is 4.03. The smallest absolute Gasteiger partial charge is 0.236 e. The van der Waals surface area contributed by atoms with E-state index in [2.05, 4.69) is 60.4 Å². The number of carbonyl (C=O) groups is 1. The molecule has 0 saturated heterocycles. The molecule has 2 rings (SSSR count). The zero-order chi connectivity index (χ0) is 15.4. The minimum atomic E-state index is -0.186. The summed E-state index contributed by atoms with van der Waals surface area (Å²) in [6.07, 6.45) is 0.959. The summed E-state index contributed by atoms with van der Waals surface area (Å²) >= 11 is 0. The molecule has 1 heterocycles. The van der Waals surface area contributed by atoms with Crippen molar-refractivity contribution in [2.24, 2.45) is 7.05 Å². The first-order valence-electron chi connectivity index (χ1n) is 7.60. The van der Waals surface area contributed by atoms with Crippen LogP contribution in [-0.2, 0) is 18.4 Å². The molecule has 1 unspecified atom stereocenters. The number of carbonyl (C=O) groups excluding carboxylic acids is 1. The van der Waals surface area contributed by atoms with Crippen LogP contribution >= 0.6 is 0 Å². The minimum Gasteiger partial charge on any atom is -0.355 e. The van der Waals surface area contributed by atoms with Crippen molar-refractivity contribution in [1.82, 2.24) is 15.2 Å². The fraction of sp³-hybridized carbons (Fsp3) is 0.471. The van der Waals surface area contributed by atoms with Gasteiger partial charge in [0.1, 0.15) is 0 Å². The Kier molecular flexibility index (Phi) is 5.02. The van der Waals surface area contributed by atoms with Gasteiger partial charge in [-0.05, 0) is 31.9 Å². The zero-order valence-corrected chi connectivity index (χ0v) is 13.4. The lowest BCUT2D eigenvalue weighted by atomic mass is 10.1. The number of hydrogen-bond acceptors (Lipinski definition) is 2. The molecule has 1 aromatic carbocycles. The molecule has 21 heavy (non-hydrogen) atoms. The number of nitrogens with one attached hydrogen (secondary N) is 2. The second-order valence-electron chi connectivity index (χ2n) is 5.54. The molecule has 0 radical (unpaired) electrons. The highest BCUT2D eigenvalue weighted by Crippen LogP contribution is 2.24. The van der Waals surface area contributed by atoms with Crippen LogP contribution in [0.3, 0.4) is 0 Å². The lowest BCUT2D eigenvalue weighted by molar-refractivity contribution is -0.122. The van der Waals surface area contributed by atoms with Gasteiger partial charge in [-0.1, -0.05) is 25.1 Å². The predicted molar refractivity (Wildman–Crippen MR) is 87.3 cm³/mol. The van der Waals surface area contributed by atoms with Crippen molar-refractivity contribution in [2.45, 2.75) is 39.8 Å². The van der Waals surface area contributed by atoms with Gasteiger partial charge in [-0.3, -0.25) is 4.79 Å². The maximum atomic E-state index is 11.9. The summed E-state index contributed by atoms with van der Waals surface area (Å²) in [4.78, 5) is 11.9. The molecule has 114 valence electrons. The number of para-hydroxylation sites is 1. The molecule has 1 aromatic heterocycles. The quantitative estimate of drug-likeness (QED) is 0.857. The monoisotopic (exact) mass is 287 g/mol. The summed E-state index contributed by atoms with van der Waals surface area (Å²) in [6.45, 7) is 7.52. The van der Waals surface area contributed by atoms with E-state index >= 15 is 0 Å². The SMILES string of the molecule is CCCNC(=O)C(C)NCc1c(C)c2ccccc2n1C. The molecule has 4 nitrogen and oxygen atoms in total. The van der Waals surface area contributed by atoms with E-state index < -0.39 is 0 Å². The molecular weight excluding hydrogens is 262 g/mol. The average Bonchev–Trinajstić information content (AvgIpc) is 2.74. The second kappa shape index (κ2) is 6.76. The molecule has 1 atom stereocenters. The lowest BCUT2D eigenvalue weighted by Gasteiger charge is -2.15. The lowest BCUT2D eigenvalue weighted by Crippen LogP contribution is -2.42. The Morgan fingerprint density at radius 1 is 1.33 bits per heavy atom. The first kappa shape index (κ1) is 15.6. The Morgan fingerprint density at radius 3 is 2.71 bits per heavy atom. The van der Waals surface area contributed by atoms with Crippen LogP contribution in [0.25, 0.3) is 10.9 Å². The number of aromatic nitrogens is 1. The number of benzene rings is 1. The first-order chi connectivity index (χ1) is 10.1. The molecular formula is C17H25N3O. The normalized spacial score (nSPS) is 12.6. The highest BCUT2D eigenvalue weighted by Gasteiger charge is 2.15. The molecule has 0 bridgehead atoms. The van der Waals surface area contributed by atoms with Gasteiger partial charge < -0.3 is 15.2 Å². The number of hydrogen-bond donors (Lipinski definition) is 2. The van der Waals surface area contributed by atoms with Gasteiger partial charge >= 0.3 is 0 Å². The fourth-order valence-electron chi connectivity index (χ4n) is 2.63. The number of rotatable bonds is 6. The Morgan fingerprint density at radius 2 is 2.05 bits per heavy atom. The molecule has 0 aliphatic carbocycles. The van der Waals surface area contributed by atoms with Crippen LogP contribution in [0.5, 0.6) is 0 Å². The van der Waals surface area contributed by atoms with Gasteiger partial charge in [-0.25, -0.2) is 0 Å². The van der Waals surface area contributed by atoms with Crippen LogP contribution in [0.2, 0.25) is 0 Å². The largest absolute Gasteiger partial charge is 0.355 e. The van der Waals surface area contributed by atoms with Crippen molar-refractivity contribution in [3.8, 4) is 0 Å². The van der Waals surface area contributed by atoms with Gasteiger partial charge in [-0.2, -0.15) is 0 Å². The van der Waals surface area contributed by atoms with Crippen molar-refractivity contribution >= 4 is 16.8 Å². The maximum Gasteiger partial charge on any atom is 0.236 e. The van der Waals surface area contributed by atoms with Crippen LogP contribution in [0.15, 0.2) is 24.3 Å². The molecule has 0 spiro atoms. The third kappa shape index (κ3) is 3.27. The van der Waals surface area contributed by atoms with Gasteiger partial charge in [0, 0.05) is 36.7 Å². The van der Waals surface area contributed by atoms with Crippen molar-refractivity contribution in [2.75, 3.05) is 6.54 Å². The van der Waals surface area contributed by atoms with Crippen LogP contribution < -0.4 is 10.6 Å². The Balaban J connectivity index is 2.08. The van der Waals surface area contributed by atoms with Crippen molar-refractivity contribution in [1.29, 1.82) is 0 Å².